The summed E-state index contributed by atoms with van der Waals surface area (Å²) < 4.78 is 0. The van der Waals surface area contributed by atoms with Gasteiger partial charge in [-0.05, 0) is 120 Å². The van der Waals surface area contributed by atoms with Crippen molar-refractivity contribution in [2.45, 2.75) is 144 Å². The molecule has 59 heavy (non-hydrogen) atoms. The van der Waals surface area contributed by atoms with E-state index in [2.05, 4.69) is 185 Å². The molecule has 0 aliphatic heterocycles. The van der Waals surface area contributed by atoms with Crippen molar-refractivity contribution in [1.82, 2.24) is 0 Å². The summed E-state index contributed by atoms with van der Waals surface area (Å²) in [5.74, 6) is 0. The summed E-state index contributed by atoms with van der Waals surface area (Å²) in [4.78, 5) is 10.3. The summed E-state index contributed by atoms with van der Waals surface area (Å²) in [6, 6.07) is 41.9. The normalized spacial score (nSPS) is 11.2. The Morgan fingerprint density at radius 3 is 1.41 bits per heavy atom. The molecule has 0 fully saturated rings. The Morgan fingerprint density at radius 1 is 0.508 bits per heavy atom. The van der Waals surface area contributed by atoms with Gasteiger partial charge in [-0.3, -0.25) is 9.98 Å². The fourth-order valence-electron chi connectivity index (χ4n) is 7.50. The molecule has 319 valence electrons. The van der Waals surface area contributed by atoms with Gasteiger partial charge in [-0.25, -0.2) is 0 Å². The molecule has 0 saturated carbocycles. The van der Waals surface area contributed by atoms with Crippen LogP contribution in [0.25, 0.3) is 33.4 Å². The van der Waals surface area contributed by atoms with Gasteiger partial charge in [-0.1, -0.05) is 183 Å². The standard InChI is InChI=1S/C51H62N2.C4H9.BrH.Ni/c1-5-8-11-13-14-18-32-44-35-46(38-49(47(44)33-10-7-3)41-26-19-15-20-27-41)53-40(4)39-52-45-36-50(42-28-21-16-22-29-42)48(34-25-12-9-6-2)51(37-45)43-30-23-17-24-31-43;1-3-4-2;;/h15-17,19-24,26-31,35-39H,5-14,18,25,32-34H2,1-4H3;1,3-4H2,2H3;1H;/q;-1;;+1/p-1. The van der Waals surface area contributed by atoms with E-state index in [1.807, 2.05) is 6.21 Å². The Kier molecular flexibility index (Phi) is 25.7. The third kappa shape index (κ3) is 17.5. The Labute approximate surface area is 375 Å². The van der Waals surface area contributed by atoms with E-state index in [0.29, 0.717) is 0 Å². The molecule has 5 aromatic rings. The zero-order valence-electron chi connectivity index (χ0n) is 36.9. The Hall–Kier alpha value is -3.59. The summed E-state index contributed by atoms with van der Waals surface area (Å²) in [5, 5.41) is 0. The second-order valence-corrected chi connectivity index (χ2v) is 15.5. The minimum absolute atomic E-state index is 0.905. The van der Waals surface area contributed by atoms with Gasteiger partial charge in [0.05, 0.1) is 17.1 Å². The molecule has 0 bridgehead atoms. The molecular formula is C55H71BrN2Ni-. The molecule has 0 N–H and O–H groups in total. The zero-order chi connectivity index (χ0) is 42.5. The van der Waals surface area contributed by atoms with Crippen molar-refractivity contribution in [1.29, 1.82) is 0 Å². The van der Waals surface area contributed by atoms with Crippen LogP contribution >= 0.6 is 14.2 Å². The molecule has 0 atom stereocenters. The molecule has 0 amide bonds. The van der Waals surface area contributed by atoms with Gasteiger partial charge < -0.3 is 6.92 Å². The first-order valence-electron chi connectivity index (χ1n) is 22.5. The number of aliphatic imine (C=N–C) groups is 2. The monoisotopic (exact) mass is 896 g/mol. The van der Waals surface area contributed by atoms with E-state index < -0.39 is 0 Å². The molecule has 0 spiro atoms. The Morgan fingerprint density at radius 2 is 0.915 bits per heavy atom. The first-order chi connectivity index (χ1) is 29.0. The number of aryl methyl sites for hydroxylation is 1. The number of halogens is 1. The van der Waals surface area contributed by atoms with E-state index in [1.54, 1.807) is 0 Å². The first-order valence-corrected chi connectivity index (χ1v) is 25.0. The molecule has 0 saturated heterocycles. The van der Waals surface area contributed by atoms with Crippen molar-refractivity contribution in [2.75, 3.05) is 0 Å². The maximum absolute atomic E-state index is 5.22. The number of hydrogen-bond acceptors (Lipinski definition) is 2. The van der Waals surface area contributed by atoms with Gasteiger partial charge in [0.1, 0.15) is 0 Å². The number of nitrogens with zero attached hydrogens (tertiary/aromatic N) is 2. The second kappa shape index (κ2) is 30.4. The number of hydrogen-bond donors (Lipinski definition) is 0. The molecule has 0 radical (unpaired) electrons. The van der Waals surface area contributed by atoms with E-state index >= 15 is 0 Å². The minimum atomic E-state index is 0.905. The summed E-state index contributed by atoms with van der Waals surface area (Å²) in [6.07, 6.45) is 22.7. The average molecular weight is 899 g/mol. The van der Waals surface area contributed by atoms with Crippen molar-refractivity contribution < 1.29 is 13.7 Å². The van der Waals surface area contributed by atoms with E-state index in [4.69, 9.17) is 9.98 Å². The van der Waals surface area contributed by atoms with Crippen LogP contribution in [0.1, 0.15) is 141 Å². The van der Waals surface area contributed by atoms with Crippen molar-refractivity contribution in [2.24, 2.45) is 9.98 Å². The summed E-state index contributed by atoms with van der Waals surface area (Å²) >= 11 is 6.25. The van der Waals surface area contributed by atoms with Crippen LogP contribution in [0, 0.1) is 6.92 Å². The molecule has 0 aliphatic rings. The maximum atomic E-state index is 5.22. The van der Waals surface area contributed by atoms with Crippen LogP contribution in [0.4, 0.5) is 11.4 Å². The van der Waals surface area contributed by atoms with Crippen LogP contribution in [0.5, 0.6) is 0 Å². The van der Waals surface area contributed by atoms with Gasteiger partial charge in [0.15, 0.2) is 0 Å². The van der Waals surface area contributed by atoms with Crippen LogP contribution in [-0.2, 0) is 33.0 Å². The molecule has 2 nitrogen and oxygen atoms in total. The van der Waals surface area contributed by atoms with Gasteiger partial charge in [0, 0.05) is 6.21 Å². The third-order valence-electron chi connectivity index (χ3n) is 10.7. The number of unbranched alkanes of at least 4 members (excludes halogenated alkanes) is 10. The summed E-state index contributed by atoms with van der Waals surface area (Å²) in [6.45, 7) is 14.7. The quantitative estimate of drug-likeness (QED) is 0.0286. The first kappa shape index (κ1) is 49.8. The average Bonchev–Trinajstić information content (AvgIpc) is 3.29. The topological polar surface area (TPSA) is 24.7 Å². The zero-order valence-corrected chi connectivity index (χ0v) is 39.4. The van der Waals surface area contributed by atoms with E-state index in [0.717, 1.165) is 42.8 Å². The molecule has 0 unspecified atom stereocenters. The fourth-order valence-corrected chi connectivity index (χ4v) is 7.50. The summed E-state index contributed by atoms with van der Waals surface area (Å²) in [5.41, 5.74) is 14.9. The van der Waals surface area contributed by atoms with Gasteiger partial charge >= 0.3 is 27.9 Å². The molecule has 0 heterocycles. The third-order valence-corrected chi connectivity index (χ3v) is 10.7. The molecule has 0 aromatic heterocycles. The summed E-state index contributed by atoms with van der Waals surface area (Å²) in [7, 11) is 0. The van der Waals surface area contributed by atoms with Crippen LogP contribution in [0.2, 0.25) is 0 Å². The van der Waals surface area contributed by atoms with Crippen molar-refractivity contribution >= 4 is 37.5 Å². The van der Waals surface area contributed by atoms with E-state index in [1.165, 1.54) is 134 Å². The van der Waals surface area contributed by atoms with Gasteiger partial charge in [-0.2, -0.15) is 6.42 Å². The molecule has 4 heteroatoms. The Balaban J connectivity index is 0.00000146. The van der Waals surface area contributed by atoms with Crippen LogP contribution in [0.3, 0.4) is 0 Å². The predicted octanol–water partition coefficient (Wildman–Crippen LogP) is 18.0. The van der Waals surface area contributed by atoms with Crippen LogP contribution in [-0.4, -0.2) is 11.9 Å². The van der Waals surface area contributed by atoms with E-state index in [9.17, 15) is 0 Å². The number of benzene rings is 5. The van der Waals surface area contributed by atoms with Crippen LogP contribution in [0.15, 0.2) is 125 Å². The van der Waals surface area contributed by atoms with Crippen molar-refractivity contribution in [3.05, 3.63) is 139 Å². The predicted molar refractivity (Wildman–Crippen MR) is 263 cm³/mol. The SMILES string of the molecule is CCCCCCCCc1cc(N=C(C)C=Nc2cc(-c3ccccc3)c(CCCCCC)c(-c3ccccc3)c2)cc(-c2ccccc2)c1CCCC.[CH2-]CCC.[Ni][Br]. The number of rotatable bonds is 22. The van der Waals surface area contributed by atoms with Gasteiger partial charge in [-0.15, -0.1) is 0 Å². The van der Waals surface area contributed by atoms with Gasteiger partial charge in [0.25, 0.3) is 0 Å². The van der Waals surface area contributed by atoms with Crippen LogP contribution < -0.4 is 0 Å². The second-order valence-electron chi connectivity index (χ2n) is 15.5. The Bertz CT molecular complexity index is 1860. The molecular weight excluding hydrogens is 827 g/mol. The molecule has 5 aromatic carbocycles. The van der Waals surface area contributed by atoms with Crippen molar-refractivity contribution in [3.63, 3.8) is 0 Å². The molecule has 0 aliphatic carbocycles. The fraction of sp³-hybridized carbons (Fsp3) is 0.400. The van der Waals surface area contributed by atoms with Gasteiger partial charge in [0.2, 0.25) is 0 Å². The van der Waals surface area contributed by atoms with Crippen molar-refractivity contribution in [3.8, 4) is 33.4 Å². The molecule has 5 rings (SSSR count). The van der Waals surface area contributed by atoms with E-state index in [-0.39, 0.29) is 0 Å².